The number of rotatable bonds is 6. The molecule has 0 unspecified atom stereocenters. The quantitative estimate of drug-likeness (QED) is 0.325. The van der Waals surface area contributed by atoms with Gasteiger partial charge >= 0.3 is 0 Å². The van der Waals surface area contributed by atoms with Gasteiger partial charge in [0.05, 0.1) is 19.8 Å². The van der Waals surface area contributed by atoms with Gasteiger partial charge in [-0.15, -0.1) is 0 Å². The molecule has 0 aromatic heterocycles. The Kier molecular flexibility index (Phi) is 38.4. The van der Waals surface area contributed by atoms with Crippen molar-refractivity contribution in [2.24, 2.45) is 0 Å². The van der Waals surface area contributed by atoms with E-state index in [0.717, 1.165) is 0 Å². The highest BCUT2D eigenvalue weighted by atomic mass is 35.5. The first-order valence-electron chi connectivity index (χ1n) is 4.42. The zero-order valence-corrected chi connectivity index (χ0v) is 10.3. The van der Waals surface area contributed by atoms with Crippen LogP contribution < -0.4 is 18.6 Å². The fraction of sp³-hybridized carbons (Fsp3) is 1.00. The van der Waals surface area contributed by atoms with Gasteiger partial charge in [-0.1, -0.05) is 0 Å². The van der Waals surface area contributed by atoms with Gasteiger partial charge < -0.3 is 39.0 Å². The summed E-state index contributed by atoms with van der Waals surface area (Å²) >= 11 is 0. The van der Waals surface area contributed by atoms with E-state index in [2.05, 4.69) is 0 Å². The van der Waals surface area contributed by atoms with Crippen molar-refractivity contribution in [3.8, 4) is 0 Å². The number of hydrogen-bond acceptors (Lipinski definition) is 5. The molecule has 0 heterocycles. The molecule has 6 nitrogen and oxygen atoms in total. The Morgan fingerprint density at radius 1 is 0.800 bits per heavy atom. The largest absolute Gasteiger partial charge is 1.00 e. The lowest BCUT2D eigenvalue weighted by atomic mass is 10.4. The van der Waals surface area contributed by atoms with Crippen molar-refractivity contribution in [3.05, 3.63) is 0 Å². The minimum absolute atomic E-state index is 0. The first-order chi connectivity index (χ1) is 6.26. The number of nitrogens with zero attached hydrogens (tertiary/aromatic N) is 1. The van der Waals surface area contributed by atoms with Crippen LogP contribution in [0.3, 0.4) is 0 Å². The summed E-state index contributed by atoms with van der Waals surface area (Å²) in [5, 5.41) is 33.0. The summed E-state index contributed by atoms with van der Waals surface area (Å²) in [6.07, 6.45) is 0. The van der Waals surface area contributed by atoms with Crippen molar-refractivity contribution < 1.29 is 32.8 Å². The number of halogens is 1. The second kappa shape index (κ2) is 23.7. The smallest absolute Gasteiger partial charge is 0.0558 e. The van der Waals surface area contributed by atoms with E-state index >= 15 is 0 Å². The zero-order chi connectivity index (χ0) is 10.5. The van der Waals surface area contributed by atoms with Gasteiger partial charge in [-0.3, -0.25) is 4.90 Å². The molecule has 0 rings (SSSR count). The van der Waals surface area contributed by atoms with Crippen molar-refractivity contribution in [2.45, 2.75) is 6.92 Å². The minimum Gasteiger partial charge on any atom is -1.00 e. The average molecular weight is 249 g/mol. The van der Waals surface area contributed by atoms with Crippen LogP contribution in [0.15, 0.2) is 0 Å². The number of hydrogen-bond donors (Lipinski definition) is 5. The Labute approximate surface area is 97.5 Å². The molecule has 0 aliphatic carbocycles. The Balaban J connectivity index is -0.000000108. The summed E-state index contributed by atoms with van der Waals surface area (Å²) in [5.74, 6) is 0. The summed E-state index contributed by atoms with van der Waals surface area (Å²) in [5.41, 5.74) is 0. The second-order valence-electron chi connectivity index (χ2n) is 2.33. The molecular weight excluding hydrogens is 224 g/mol. The van der Waals surface area contributed by atoms with E-state index in [1.165, 1.54) is 0 Å². The van der Waals surface area contributed by atoms with Crippen molar-refractivity contribution >= 4 is 0 Å². The predicted molar refractivity (Wildman–Crippen MR) is 56.4 cm³/mol. The van der Waals surface area contributed by atoms with E-state index in [9.17, 15) is 0 Å². The molecule has 98 valence electrons. The fourth-order valence-corrected chi connectivity index (χ4v) is 0.760. The van der Waals surface area contributed by atoms with Crippen LogP contribution in [-0.4, -0.2) is 71.4 Å². The van der Waals surface area contributed by atoms with E-state index < -0.39 is 0 Å². The monoisotopic (exact) mass is 248 g/mol. The molecule has 0 bridgehead atoms. The molecule has 0 saturated heterocycles. The maximum atomic E-state index is 8.48. The van der Waals surface area contributed by atoms with Gasteiger partial charge in [0.25, 0.3) is 0 Å². The van der Waals surface area contributed by atoms with Crippen LogP contribution >= 0.6 is 0 Å². The second-order valence-corrected chi connectivity index (χ2v) is 2.33. The normalized spacial score (nSPS) is 8.40. The van der Waals surface area contributed by atoms with E-state index in [4.69, 9.17) is 20.4 Å². The molecule has 0 aromatic carbocycles. The third kappa shape index (κ3) is 24.9. The maximum Gasteiger partial charge on any atom is 0.0558 e. The highest BCUT2D eigenvalue weighted by Gasteiger charge is 2.00. The molecule has 0 radical (unpaired) electrons. The molecule has 7 heteroatoms. The molecule has 15 heavy (non-hydrogen) atoms. The SMILES string of the molecule is CCO.OCCN(CCO)CCO.[Cl-].[NH4+]. The Morgan fingerprint density at radius 3 is 1.13 bits per heavy atom. The van der Waals surface area contributed by atoms with Crippen molar-refractivity contribution in [2.75, 3.05) is 46.1 Å². The van der Waals surface area contributed by atoms with E-state index in [0.29, 0.717) is 19.6 Å². The molecule has 0 amide bonds. The number of quaternary nitrogens is 1. The van der Waals surface area contributed by atoms with Gasteiger partial charge in [0.15, 0.2) is 0 Å². The lowest BCUT2D eigenvalue weighted by molar-refractivity contribution is -0.00000886. The standard InChI is InChI=1S/C6H15NO3.C2H6O.ClH.H3N/c8-4-1-7(2-5-9)3-6-10;1-2-3;;/h8-10H,1-6H2;3H,2H2,1H3;1H;1H3. The Bertz CT molecular complexity index is 76.8. The van der Waals surface area contributed by atoms with Crippen LogP contribution in [0.4, 0.5) is 0 Å². The van der Waals surface area contributed by atoms with E-state index in [1.54, 1.807) is 11.8 Å². The highest BCUT2D eigenvalue weighted by Crippen LogP contribution is 1.84. The van der Waals surface area contributed by atoms with Crippen molar-refractivity contribution in [3.63, 3.8) is 0 Å². The van der Waals surface area contributed by atoms with Crippen LogP contribution in [0.2, 0.25) is 0 Å². The van der Waals surface area contributed by atoms with Crippen molar-refractivity contribution in [1.82, 2.24) is 11.1 Å². The average Bonchev–Trinajstić information content (AvgIpc) is 2.07. The summed E-state index contributed by atoms with van der Waals surface area (Å²) in [4.78, 5) is 1.79. The lowest BCUT2D eigenvalue weighted by Gasteiger charge is -2.17. The predicted octanol–water partition coefficient (Wildman–Crippen LogP) is -4.36. The first-order valence-corrected chi connectivity index (χ1v) is 4.42. The number of aliphatic hydroxyl groups is 4. The Morgan fingerprint density at radius 2 is 1.00 bits per heavy atom. The third-order valence-electron chi connectivity index (χ3n) is 1.25. The molecule has 0 fully saturated rings. The molecule has 0 aliphatic rings. The van der Waals surface area contributed by atoms with Crippen LogP contribution in [0.1, 0.15) is 6.92 Å². The van der Waals surface area contributed by atoms with Gasteiger partial charge in [-0.2, -0.15) is 0 Å². The first kappa shape index (κ1) is 24.3. The van der Waals surface area contributed by atoms with Crippen LogP contribution in [-0.2, 0) is 0 Å². The topological polar surface area (TPSA) is 121 Å². The van der Waals surface area contributed by atoms with E-state index in [1.807, 2.05) is 0 Å². The molecule has 0 atom stereocenters. The van der Waals surface area contributed by atoms with Gasteiger partial charge in [-0.05, 0) is 6.92 Å². The van der Waals surface area contributed by atoms with Crippen LogP contribution in [0.5, 0.6) is 0 Å². The van der Waals surface area contributed by atoms with Gasteiger partial charge in [0.1, 0.15) is 0 Å². The number of aliphatic hydroxyl groups excluding tert-OH is 4. The summed E-state index contributed by atoms with van der Waals surface area (Å²) in [6, 6.07) is 0. The van der Waals surface area contributed by atoms with Crippen LogP contribution in [0, 0.1) is 0 Å². The van der Waals surface area contributed by atoms with Gasteiger partial charge in [0.2, 0.25) is 0 Å². The molecule has 0 aliphatic heterocycles. The van der Waals surface area contributed by atoms with E-state index in [-0.39, 0.29) is 45.0 Å². The Hall–Kier alpha value is 0.0500. The molecule has 0 saturated carbocycles. The third-order valence-corrected chi connectivity index (χ3v) is 1.25. The summed E-state index contributed by atoms with van der Waals surface area (Å²) in [7, 11) is 0. The zero-order valence-electron chi connectivity index (χ0n) is 9.56. The van der Waals surface area contributed by atoms with Gasteiger partial charge in [-0.25, -0.2) is 0 Å². The molecular formula is C8H25ClN2O4. The van der Waals surface area contributed by atoms with Crippen molar-refractivity contribution in [1.29, 1.82) is 0 Å². The minimum atomic E-state index is 0. The molecule has 0 spiro atoms. The fourth-order valence-electron chi connectivity index (χ4n) is 0.760. The summed E-state index contributed by atoms with van der Waals surface area (Å²) in [6.45, 7) is 3.68. The van der Waals surface area contributed by atoms with Gasteiger partial charge in [0, 0.05) is 26.2 Å². The maximum absolute atomic E-state index is 8.48. The van der Waals surface area contributed by atoms with Crippen LogP contribution in [0.25, 0.3) is 0 Å². The highest BCUT2D eigenvalue weighted by molar-refractivity contribution is 4.54. The molecule has 0 aromatic rings. The molecule has 8 N–H and O–H groups in total. The lowest BCUT2D eigenvalue weighted by Crippen LogP contribution is -3.00. The summed E-state index contributed by atoms with van der Waals surface area (Å²) < 4.78 is 0.